The third-order valence-corrected chi connectivity index (χ3v) is 9.78. The van der Waals surface area contributed by atoms with Crippen molar-refractivity contribution in [2.75, 3.05) is 39.1 Å². The van der Waals surface area contributed by atoms with Crippen LogP contribution in [0.3, 0.4) is 0 Å². The number of ether oxygens (including phenoxy) is 1. The van der Waals surface area contributed by atoms with Gasteiger partial charge in [0.05, 0.1) is 29.1 Å². The second kappa shape index (κ2) is 9.76. The molecular weight excluding hydrogens is 491 g/mol. The number of hydrogen-bond acceptors (Lipinski definition) is 6. The van der Waals surface area contributed by atoms with Gasteiger partial charge >= 0.3 is 0 Å². The highest BCUT2D eigenvalue weighted by Crippen LogP contribution is 2.40. The second-order valence-electron chi connectivity index (χ2n) is 11.0. The molecule has 0 radical (unpaired) electrons. The quantitative estimate of drug-likeness (QED) is 0.546. The average Bonchev–Trinajstić information content (AvgIpc) is 3.17. The summed E-state index contributed by atoms with van der Waals surface area (Å²) in [5.74, 6) is 1.20. The first-order valence-corrected chi connectivity index (χ1v) is 15.2. The Morgan fingerprint density at radius 1 is 1.08 bits per heavy atom. The van der Waals surface area contributed by atoms with Crippen molar-refractivity contribution in [1.29, 1.82) is 0 Å². The molecule has 0 bridgehead atoms. The summed E-state index contributed by atoms with van der Waals surface area (Å²) >= 11 is 0. The van der Waals surface area contributed by atoms with E-state index in [4.69, 9.17) is 9.72 Å². The zero-order valence-electron chi connectivity index (χ0n) is 21.5. The molecule has 198 valence electrons. The van der Waals surface area contributed by atoms with Crippen molar-refractivity contribution in [2.24, 2.45) is 13.0 Å². The van der Waals surface area contributed by atoms with E-state index in [0.717, 1.165) is 62.3 Å². The first-order valence-electron chi connectivity index (χ1n) is 13.3. The van der Waals surface area contributed by atoms with Crippen LogP contribution in [0.25, 0.3) is 22.4 Å². The zero-order valence-corrected chi connectivity index (χ0v) is 22.3. The Morgan fingerprint density at radius 3 is 2.46 bits per heavy atom. The molecule has 2 aromatic carbocycles. The summed E-state index contributed by atoms with van der Waals surface area (Å²) in [4.78, 5) is 7.68. The second-order valence-corrected chi connectivity index (χ2v) is 13.0. The topological polar surface area (TPSA) is 76.5 Å². The SMILES string of the molecule is Cn1c(-c2ccc(S(C)(=O)=O)cc2)nc2cc(F)c(C3CCN(C4CCNCC4)[C@@H](C4COC4)C3)cc21. The predicted octanol–water partition coefficient (Wildman–Crippen LogP) is 3.73. The van der Waals surface area contributed by atoms with E-state index in [1.54, 1.807) is 30.3 Å². The van der Waals surface area contributed by atoms with E-state index < -0.39 is 9.84 Å². The lowest BCUT2D eigenvalue weighted by Gasteiger charge is -2.50. The molecule has 3 aromatic rings. The maximum Gasteiger partial charge on any atom is 0.175 e. The molecule has 0 spiro atoms. The number of sulfone groups is 1. The highest BCUT2D eigenvalue weighted by Gasteiger charge is 2.41. The van der Waals surface area contributed by atoms with Crippen LogP contribution < -0.4 is 5.32 Å². The van der Waals surface area contributed by atoms with Crippen LogP contribution in [0.2, 0.25) is 0 Å². The molecule has 0 aliphatic carbocycles. The summed E-state index contributed by atoms with van der Waals surface area (Å²) in [5, 5.41) is 3.48. The number of nitrogens with one attached hydrogen (secondary N) is 1. The van der Waals surface area contributed by atoms with Crippen LogP contribution in [0.5, 0.6) is 0 Å². The maximum atomic E-state index is 15.5. The molecule has 2 atom stereocenters. The van der Waals surface area contributed by atoms with Gasteiger partial charge in [-0.2, -0.15) is 0 Å². The summed E-state index contributed by atoms with van der Waals surface area (Å²) in [6.07, 6.45) is 5.46. The third-order valence-electron chi connectivity index (χ3n) is 8.65. The normalized spacial score (nSPS) is 24.4. The van der Waals surface area contributed by atoms with Crippen molar-refractivity contribution < 1.29 is 17.5 Å². The number of benzene rings is 2. The fourth-order valence-electron chi connectivity index (χ4n) is 6.48. The van der Waals surface area contributed by atoms with E-state index in [-0.39, 0.29) is 16.6 Å². The number of rotatable bonds is 5. The number of imidazole rings is 1. The van der Waals surface area contributed by atoms with Crippen molar-refractivity contribution >= 4 is 20.9 Å². The number of fused-ring (bicyclic) bond motifs is 1. The highest BCUT2D eigenvalue weighted by atomic mass is 32.2. The molecule has 0 saturated carbocycles. The van der Waals surface area contributed by atoms with Crippen molar-refractivity contribution in [3.63, 3.8) is 0 Å². The molecule has 1 N–H and O–H groups in total. The van der Waals surface area contributed by atoms with Crippen LogP contribution >= 0.6 is 0 Å². The monoisotopic (exact) mass is 526 g/mol. The summed E-state index contributed by atoms with van der Waals surface area (Å²) in [7, 11) is -1.34. The minimum atomic E-state index is -3.27. The molecule has 3 fully saturated rings. The molecule has 4 heterocycles. The standard InChI is InChI=1S/C28H35FN4O3S/c1-32-27-14-23(19-9-12-33(21-7-10-30-11-8-21)26(13-19)20-16-36-17-20)24(29)15-25(27)31-28(32)18-3-5-22(6-4-18)37(2,34)35/h3-6,14-15,19-21,26,30H,7-13,16-17H2,1-2H3/t19?,26-/m1/s1. The molecule has 1 aromatic heterocycles. The Labute approximate surface area is 217 Å². The molecule has 1 unspecified atom stereocenters. The fraction of sp³-hybridized carbons (Fsp3) is 0.536. The first-order chi connectivity index (χ1) is 17.8. The first kappa shape index (κ1) is 25.0. The molecule has 3 saturated heterocycles. The molecule has 37 heavy (non-hydrogen) atoms. The van der Waals surface area contributed by atoms with Gasteiger partial charge in [0.1, 0.15) is 11.6 Å². The van der Waals surface area contributed by atoms with Crippen molar-refractivity contribution in [1.82, 2.24) is 19.8 Å². The van der Waals surface area contributed by atoms with Crippen LogP contribution in [0, 0.1) is 11.7 Å². The van der Waals surface area contributed by atoms with Gasteiger partial charge in [-0.25, -0.2) is 17.8 Å². The number of piperidine rings is 2. The van der Waals surface area contributed by atoms with Gasteiger partial charge in [0.2, 0.25) is 0 Å². The van der Waals surface area contributed by atoms with Crippen LogP contribution in [0.15, 0.2) is 41.3 Å². The number of halogens is 1. The Balaban J connectivity index is 1.30. The van der Waals surface area contributed by atoms with Crippen molar-refractivity contribution in [2.45, 2.75) is 48.6 Å². The lowest BCUT2D eigenvalue weighted by molar-refractivity contribution is -0.0958. The fourth-order valence-corrected chi connectivity index (χ4v) is 7.11. The van der Waals surface area contributed by atoms with Crippen LogP contribution in [-0.2, 0) is 21.6 Å². The van der Waals surface area contributed by atoms with Gasteiger partial charge in [-0.3, -0.25) is 4.90 Å². The maximum absolute atomic E-state index is 15.5. The van der Waals surface area contributed by atoms with E-state index >= 15 is 4.39 Å². The van der Waals surface area contributed by atoms with Gasteiger partial charge < -0.3 is 14.6 Å². The Kier molecular flexibility index (Phi) is 6.59. The van der Waals surface area contributed by atoms with Crippen molar-refractivity contribution in [3.8, 4) is 11.4 Å². The van der Waals surface area contributed by atoms with Crippen LogP contribution in [0.4, 0.5) is 4.39 Å². The third kappa shape index (κ3) is 4.71. The van der Waals surface area contributed by atoms with Gasteiger partial charge in [-0.15, -0.1) is 0 Å². The van der Waals surface area contributed by atoms with E-state index in [1.807, 2.05) is 17.7 Å². The average molecular weight is 527 g/mol. The molecule has 3 aliphatic rings. The number of aromatic nitrogens is 2. The lowest BCUT2D eigenvalue weighted by Crippen LogP contribution is -2.57. The van der Waals surface area contributed by atoms with Crippen LogP contribution in [0.1, 0.15) is 37.2 Å². The number of nitrogens with zero attached hydrogens (tertiary/aromatic N) is 3. The molecule has 7 nitrogen and oxygen atoms in total. The Morgan fingerprint density at radius 2 is 1.81 bits per heavy atom. The van der Waals surface area contributed by atoms with Gasteiger partial charge in [0, 0.05) is 42.9 Å². The minimum Gasteiger partial charge on any atom is -0.381 e. The summed E-state index contributed by atoms with van der Waals surface area (Å²) in [5.41, 5.74) is 3.09. The lowest BCUT2D eigenvalue weighted by atomic mass is 9.78. The van der Waals surface area contributed by atoms with Gasteiger partial charge in [0.25, 0.3) is 0 Å². The number of aryl methyl sites for hydroxylation is 1. The number of hydrogen-bond donors (Lipinski definition) is 1. The molecular formula is C28H35FN4O3S. The van der Waals surface area contributed by atoms with E-state index in [9.17, 15) is 8.42 Å². The van der Waals surface area contributed by atoms with Crippen LogP contribution in [-0.4, -0.2) is 74.1 Å². The molecule has 3 aliphatic heterocycles. The zero-order chi connectivity index (χ0) is 25.7. The molecule has 9 heteroatoms. The summed E-state index contributed by atoms with van der Waals surface area (Å²) in [6.45, 7) is 4.76. The minimum absolute atomic E-state index is 0.167. The predicted molar refractivity (Wildman–Crippen MR) is 142 cm³/mol. The van der Waals surface area contributed by atoms with Gasteiger partial charge in [-0.1, -0.05) is 0 Å². The van der Waals surface area contributed by atoms with E-state index in [2.05, 4.69) is 10.2 Å². The summed E-state index contributed by atoms with van der Waals surface area (Å²) in [6, 6.07) is 11.3. The van der Waals surface area contributed by atoms with Gasteiger partial charge in [0.15, 0.2) is 9.84 Å². The largest absolute Gasteiger partial charge is 0.381 e. The molecule has 0 amide bonds. The Bertz CT molecular complexity index is 1400. The summed E-state index contributed by atoms with van der Waals surface area (Å²) < 4.78 is 46.8. The molecule has 6 rings (SSSR count). The van der Waals surface area contributed by atoms with Gasteiger partial charge in [-0.05, 0) is 87.1 Å². The van der Waals surface area contributed by atoms with Crippen molar-refractivity contribution in [3.05, 3.63) is 47.8 Å². The van der Waals surface area contributed by atoms with E-state index in [0.29, 0.717) is 29.3 Å². The van der Waals surface area contributed by atoms with E-state index in [1.165, 1.54) is 19.1 Å². The Hall–Kier alpha value is -2.33. The smallest absolute Gasteiger partial charge is 0.175 e. The highest BCUT2D eigenvalue weighted by molar-refractivity contribution is 7.90. The number of likely N-dealkylation sites (tertiary alicyclic amines) is 1.